The van der Waals surface area contributed by atoms with Crippen LogP contribution in [0.25, 0.3) is 0 Å². The van der Waals surface area contributed by atoms with Crippen molar-refractivity contribution in [3.05, 3.63) is 140 Å². The number of hydrogen-bond acceptors (Lipinski definition) is 0. The minimum absolute atomic E-state index is 0.189. The van der Waals surface area contributed by atoms with Crippen molar-refractivity contribution in [3.63, 3.8) is 0 Å². The highest BCUT2D eigenvalue weighted by Crippen LogP contribution is 2.64. The van der Waals surface area contributed by atoms with Crippen molar-refractivity contribution in [2.24, 2.45) is 11.8 Å². The number of benzene rings is 4. The van der Waals surface area contributed by atoms with Crippen LogP contribution in [0.2, 0.25) is 0 Å². The smallest absolute Gasteiger partial charge is 0.0375 e. The van der Waals surface area contributed by atoms with E-state index in [0.717, 1.165) is 51.4 Å². The third kappa shape index (κ3) is 6.52. The van der Waals surface area contributed by atoms with E-state index in [4.69, 9.17) is 0 Å². The van der Waals surface area contributed by atoms with Gasteiger partial charge < -0.3 is 0 Å². The first-order chi connectivity index (χ1) is 23.2. The Morgan fingerprint density at radius 3 is 0.750 bits per heavy atom. The molecule has 5 rings (SSSR count). The van der Waals surface area contributed by atoms with Crippen LogP contribution in [0.4, 0.5) is 0 Å². The van der Waals surface area contributed by atoms with Crippen LogP contribution in [0, 0.1) is 11.8 Å². The lowest BCUT2D eigenvalue weighted by Gasteiger charge is -2.56. The standard InChI is InChI=1S/C46H62P2/c1-9-31-17-21-39(27-35(31)13-5)45(47,40-22-18-32(10-2)36(14-6)28-40)43-25-26-44(43)46(48,41-23-19-33(11-3)37(15-7)29-41)42-24-20-34(12-4)38(16-8)30-42/h17-24,27-30,43-44H,9-16,25-26,47-48H2,1-8H3/t43-,44-/m1/s1. The Balaban J connectivity index is 1.77. The highest BCUT2D eigenvalue weighted by molar-refractivity contribution is 7.19. The number of aryl methyl sites for hydroxylation is 8. The molecule has 48 heavy (non-hydrogen) atoms. The lowest BCUT2D eigenvalue weighted by Crippen LogP contribution is -2.50. The molecule has 4 aromatic carbocycles. The molecule has 0 saturated heterocycles. The molecule has 4 aromatic rings. The van der Waals surface area contributed by atoms with Gasteiger partial charge in [-0.3, -0.25) is 0 Å². The maximum Gasteiger partial charge on any atom is 0.0375 e. The number of hydrogen-bond donors (Lipinski definition) is 0. The van der Waals surface area contributed by atoms with Gasteiger partial charge in [-0.2, -0.15) is 0 Å². The van der Waals surface area contributed by atoms with Crippen molar-refractivity contribution in [2.75, 3.05) is 0 Å². The summed E-state index contributed by atoms with van der Waals surface area (Å²) in [7, 11) is 7.04. The molecule has 0 bridgehead atoms. The molecule has 0 radical (unpaired) electrons. The third-order valence-corrected chi connectivity index (χ3v) is 14.4. The molecule has 0 aromatic heterocycles. The van der Waals surface area contributed by atoms with Gasteiger partial charge in [-0.05, 0) is 143 Å². The summed E-state index contributed by atoms with van der Waals surface area (Å²) in [6, 6.07) is 29.9. The van der Waals surface area contributed by atoms with E-state index in [1.165, 1.54) is 79.6 Å². The molecule has 4 atom stereocenters. The Labute approximate surface area is 298 Å². The molecule has 1 aliphatic carbocycles. The Kier molecular flexibility index (Phi) is 12.1. The molecule has 0 spiro atoms. The topological polar surface area (TPSA) is 0 Å². The lowest BCUT2D eigenvalue weighted by atomic mass is 9.56. The van der Waals surface area contributed by atoms with E-state index in [2.05, 4.69) is 147 Å². The summed E-state index contributed by atoms with van der Waals surface area (Å²) in [5.74, 6) is 0.919. The van der Waals surface area contributed by atoms with Crippen molar-refractivity contribution in [3.8, 4) is 0 Å². The summed E-state index contributed by atoms with van der Waals surface area (Å²) < 4.78 is 0. The molecule has 256 valence electrons. The van der Waals surface area contributed by atoms with Crippen LogP contribution in [0.1, 0.15) is 135 Å². The molecule has 0 amide bonds. The summed E-state index contributed by atoms with van der Waals surface area (Å²) in [5, 5.41) is -0.379. The first kappa shape index (κ1) is 37.0. The molecule has 0 aliphatic heterocycles. The Bertz CT molecular complexity index is 1470. The highest BCUT2D eigenvalue weighted by atomic mass is 31.0. The quantitative estimate of drug-likeness (QED) is 0.117. The molecule has 2 unspecified atom stereocenters. The SMILES string of the molecule is CCc1ccc(C(P)(c2ccc(CC)c(CC)c2)[C@@H]2CC[C@H]2C(P)(c2ccc(CC)c(CC)c2)c2ccc(CC)c(CC)c2)cc1CC. The van der Waals surface area contributed by atoms with Crippen molar-refractivity contribution in [2.45, 2.75) is 130 Å². The van der Waals surface area contributed by atoms with Crippen LogP contribution < -0.4 is 0 Å². The molecule has 0 N–H and O–H groups in total. The van der Waals surface area contributed by atoms with Crippen molar-refractivity contribution in [1.82, 2.24) is 0 Å². The first-order valence-electron chi connectivity index (χ1n) is 19.2. The summed E-state index contributed by atoms with van der Waals surface area (Å²) in [6.07, 6.45) is 11.1. The van der Waals surface area contributed by atoms with Gasteiger partial charge in [0.05, 0.1) is 0 Å². The van der Waals surface area contributed by atoms with E-state index in [0.29, 0.717) is 11.8 Å². The molecular formula is C46H62P2. The molecule has 0 heterocycles. The predicted molar refractivity (Wildman–Crippen MR) is 218 cm³/mol. The summed E-state index contributed by atoms with van der Waals surface area (Å²) in [4.78, 5) is 0. The summed E-state index contributed by atoms with van der Waals surface area (Å²) >= 11 is 0. The van der Waals surface area contributed by atoms with Gasteiger partial charge in [0.2, 0.25) is 0 Å². The fraction of sp³-hybridized carbons (Fsp3) is 0.478. The Morgan fingerprint density at radius 2 is 0.583 bits per heavy atom. The highest BCUT2D eigenvalue weighted by Gasteiger charge is 2.55. The van der Waals surface area contributed by atoms with E-state index in [1.54, 1.807) is 0 Å². The van der Waals surface area contributed by atoms with E-state index in [9.17, 15) is 0 Å². The van der Waals surface area contributed by atoms with Gasteiger partial charge in [0.15, 0.2) is 0 Å². The second-order valence-corrected chi connectivity index (χ2v) is 16.1. The third-order valence-electron chi connectivity index (χ3n) is 12.2. The van der Waals surface area contributed by atoms with Gasteiger partial charge >= 0.3 is 0 Å². The van der Waals surface area contributed by atoms with E-state index < -0.39 is 0 Å². The fourth-order valence-electron chi connectivity index (χ4n) is 9.01. The van der Waals surface area contributed by atoms with E-state index in [-0.39, 0.29) is 10.3 Å². The van der Waals surface area contributed by atoms with Gasteiger partial charge in [-0.1, -0.05) is 128 Å². The van der Waals surface area contributed by atoms with Crippen LogP contribution >= 0.6 is 18.5 Å². The van der Waals surface area contributed by atoms with Gasteiger partial charge in [-0.25, -0.2) is 0 Å². The molecular weight excluding hydrogens is 614 g/mol. The maximum atomic E-state index is 3.52. The normalized spacial score (nSPS) is 16.6. The fourth-order valence-corrected chi connectivity index (χ4v) is 10.5. The zero-order valence-corrected chi connectivity index (χ0v) is 33.6. The predicted octanol–water partition coefficient (Wildman–Crippen LogP) is 12.1. The van der Waals surface area contributed by atoms with Crippen LogP contribution in [-0.4, -0.2) is 0 Å². The number of rotatable bonds is 14. The van der Waals surface area contributed by atoms with Gasteiger partial charge in [-0.15, -0.1) is 18.5 Å². The van der Waals surface area contributed by atoms with Gasteiger partial charge in [0.25, 0.3) is 0 Å². The molecule has 1 saturated carbocycles. The second kappa shape index (κ2) is 15.7. The Morgan fingerprint density at radius 1 is 0.375 bits per heavy atom. The van der Waals surface area contributed by atoms with Crippen LogP contribution in [0.3, 0.4) is 0 Å². The van der Waals surface area contributed by atoms with Crippen molar-refractivity contribution in [1.29, 1.82) is 0 Å². The minimum Gasteiger partial charge on any atom is -0.121 e. The average Bonchev–Trinajstić information content (AvgIpc) is 3.12. The first-order valence-corrected chi connectivity index (χ1v) is 20.4. The molecule has 1 fully saturated rings. The van der Waals surface area contributed by atoms with E-state index >= 15 is 0 Å². The summed E-state index contributed by atoms with van der Waals surface area (Å²) in [5.41, 5.74) is 17.8. The molecule has 1 aliphatic rings. The average molecular weight is 677 g/mol. The molecule has 0 nitrogen and oxygen atoms in total. The lowest BCUT2D eigenvalue weighted by molar-refractivity contribution is 0.109. The van der Waals surface area contributed by atoms with E-state index in [1.807, 2.05) is 0 Å². The van der Waals surface area contributed by atoms with Crippen LogP contribution in [0.5, 0.6) is 0 Å². The minimum atomic E-state index is -0.189. The zero-order valence-electron chi connectivity index (χ0n) is 31.3. The largest absolute Gasteiger partial charge is 0.121 e. The van der Waals surface area contributed by atoms with Crippen LogP contribution in [0.15, 0.2) is 72.8 Å². The van der Waals surface area contributed by atoms with Gasteiger partial charge in [0, 0.05) is 10.3 Å². The monoisotopic (exact) mass is 676 g/mol. The van der Waals surface area contributed by atoms with Gasteiger partial charge in [0.1, 0.15) is 0 Å². The van der Waals surface area contributed by atoms with Crippen molar-refractivity contribution >= 4 is 18.5 Å². The summed E-state index contributed by atoms with van der Waals surface area (Å²) in [6.45, 7) is 18.5. The van der Waals surface area contributed by atoms with Crippen molar-refractivity contribution < 1.29 is 0 Å². The maximum absolute atomic E-state index is 3.52. The second-order valence-electron chi connectivity index (χ2n) is 14.3. The molecule has 2 heteroatoms. The van der Waals surface area contributed by atoms with Crippen LogP contribution in [-0.2, 0) is 61.7 Å². The zero-order chi connectivity index (χ0) is 34.6. The Hall–Kier alpha value is -2.26.